The van der Waals surface area contributed by atoms with E-state index in [0.29, 0.717) is 5.92 Å². The van der Waals surface area contributed by atoms with Crippen LogP contribution in [0.15, 0.2) is 59.1 Å². The largest absolute Gasteiger partial charge is 0.444 e. The number of carbonyl (C=O) groups excluding carboxylic acids is 1. The number of likely N-dealkylation sites (tertiary alicyclic amines) is 1. The molecule has 3 rings (SSSR count). The summed E-state index contributed by atoms with van der Waals surface area (Å²) < 4.78 is 6.61. The van der Waals surface area contributed by atoms with E-state index in [4.69, 9.17) is 4.74 Å². The van der Waals surface area contributed by atoms with Gasteiger partial charge in [0.25, 0.3) is 0 Å². The molecule has 156 valence electrons. The fourth-order valence-corrected chi connectivity index (χ4v) is 3.92. The van der Waals surface area contributed by atoms with E-state index in [2.05, 4.69) is 75.4 Å². The Morgan fingerprint density at radius 3 is 2.28 bits per heavy atom. The van der Waals surface area contributed by atoms with Crippen LogP contribution in [-0.4, -0.2) is 36.2 Å². The molecule has 5 heteroatoms. The first-order chi connectivity index (χ1) is 13.8. The lowest BCUT2D eigenvalue weighted by Crippen LogP contribution is -2.43. The standard InChI is InChI=1S/C24H31BrN2O2/c1-24(2,3)29-23(28)26-15-13-20(14-16-26)18-27(17-19-7-5-4-6-8-19)22-11-9-21(25)10-12-22/h4-12,20H,13-18H2,1-3H3. The molecule has 0 atom stereocenters. The molecule has 1 fully saturated rings. The van der Waals surface area contributed by atoms with Gasteiger partial charge in [-0.2, -0.15) is 0 Å². The number of benzene rings is 2. The van der Waals surface area contributed by atoms with Crippen molar-refractivity contribution in [2.45, 2.75) is 45.8 Å². The van der Waals surface area contributed by atoms with Crippen molar-refractivity contribution in [2.75, 3.05) is 24.5 Å². The number of hydrogen-bond acceptors (Lipinski definition) is 3. The van der Waals surface area contributed by atoms with E-state index in [1.807, 2.05) is 25.7 Å². The fraction of sp³-hybridized carbons (Fsp3) is 0.458. The molecule has 2 aromatic rings. The van der Waals surface area contributed by atoms with E-state index in [0.717, 1.165) is 43.5 Å². The number of amides is 1. The lowest BCUT2D eigenvalue weighted by molar-refractivity contribution is 0.0186. The minimum absolute atomic E-state index is 0.190. The van der Waals surface area contributed by atoms with Gasteiger partial charge in [0.2, 0.25) is 0 Å². The van der Waals surface area contributed by atoms with Crippen molar-refractivity contribution in [3.8, 4) is 0 Å². The van der Waals surface area contributed by atoms with E-state index in [9.17, 15) is 4.79 Å². The molecular formula is C24H31BrN2O2. The van der Waals surface area contributed by atoms with Crippen LogP contribution in [0, 0.1) is 5.92 Å². The van der Waals surface area contributed by atoms with Crippen molar-refractivity contribution in [3.05, 3.63) is 64.6 Å². The quantitative estimate of drug-likeness (QED) is 0.542. The van der Waals surface area contributed by atoms with Crippen molar-refractivity contribution < 1.29 is 9.53 Å². The van der Waals surface area contributed by atoms with Gasteiger partial charge in [-0.05, 0) is 69.4 Å². The molecule has 2 aromatic carbocycles. The predicted octanol–water partition coefficient (Wildman–Crippen LogP) is 6.10. The van der Waals surface area contributed by atoms with E-state index in [1.54, 1.807) is 0 Å². The van der Waals surface area contributed by atoms with Crippen molar-refractivity contribution in [2.24, 2.45) is 5.92 Å². The van der Waals surface area contributed by atoms with Gasteiger partial charge in [-0.1, -0.05) is 46.3 Å². The Hall–Kier alpha value is -2.01. The molecule has 0 saturated carbocycles. The first-order valence-electron chi connectivity index (χ1n) is 10.3. The van der Waals surface area contributed by atoms with E-state index in [1.165, 1.54) is 11.3 Å². The van der Waals surface area contributed by atoms with Gasteiger partial charge in [0.15, 0.2) is 0 Å². The molecule has 1 aliphatic rings. The maximum atomic E-state index is 12.3. The van der Waals surface area contributed by atoms with Crippen molar-refractivity contribution in [1.82, 2.24) is 4.90 Å². The molecule has 0 unspecified atom stereocenters. The van der Waals surface area contributed by atoms with Gasteiger partial charge >= 0.3 is 6.09 Å². The second-order valence-electron chi connectivity index (χ2n) is 8.75. The molecule has 0 spiro atoms. The maximum absolute atomic E-state index is 12.3. The lowest BCUT2D eigenvalue weighted by atomic mass is 9.96. The van der Waals surface area contributed by atoms with Crippen LogP contribution >= 0.6 is 15.9 Å². The predicted molar refractivity (Wildman–Crippen MR) is 122 cm³/mol. The van der Waals surface area contributed by atoms with Gasteiger partial charge in [0.1, 0.15) is 5.60 Å². The summed E-state index contributed by atoms with van der Waals surface area (Å²) in [6.07, 6.45) is 1.81. The Morgan fingerprint density at radius 2 is 1.69 bits per heavy atom. The SMILES string of the molecule is CC(C)(C)OC(=O)N1CCC(CN(Cc2ccccc2)c2ccc(Br)cc2)CC1. The Balaban J connectivity index is 1.63. The molecule has 0 aliphatic carbocycles. The Bertz CT molecular complexity index is 779. The van der Waals surface area contributed by atoms with Gasteiger partial charge in [0.05, 0.1) is 0 Å². The summed E-state index contributed by atoms with van der Waals surface area (Å²) >= 11 is 3.53. The summed E-state index contributed by atoms with van der Waals surface area (Å²) in [6, 6.07) is 19.1. The highest BCUT2D eigenvalue weighted by atomic mass is 79.9. The average Bonchev–Trinajstić information content (AvgIpc) is 2.68. The molecule has 1 heterocycles. The number of halogens is 1. The summed E-state index contributed by atoms with van der Waals surface area (Å²) in [5.74, 6) is 0.557. The van der Waals surface area contributed by atoms with Gasteiger partial charge in [-0.25, -0.2) is 4.79 Å². The van der Waals surface area contributed by atoms with Crippen LogP contribution < -0.4 is 4.90 Å². The molecule has 1 amide bonds. The van der Waals surface area contributed by atoms with E-state index >= 15 is 0 Å². The summed E-state index contributed by atoms with van der Waals surface area (Å²) in [5, 5.41) is 0. The van der Waals surface area contributed by atoms with Crippen LogP contribution in [0.3, 0.4) is 0 Å². The van der Waals surface area contributed by atoms with Crippen LogP contribution in [0.4, 0.5) is 10.5 Å². The normalized spacial score (nSPS) is 15.2. The molecule has 0 aromatic heterocycles. The third-order valence-corrected chi connectivity index (χ3v) is 5.68. The van der Waals surface area contributed by atoms with E-state index in [-0.39, 0.29) is 6.09 Å². The zero-order valence-electron chi connectivity index (χ0n) is 17.6. The molecule has 1 aliphatic heterocycles. The van der Waals surface area contributed by atoms with Crippen molar-refractivity contribution in [1.29, 1.82) is 0 Å². The highest BCUT2D eigenvalue weighted by molar-refractivity contribution is 9.10. The van der Waals surface area contributed by atoms with Crippen LogP contribution in [-0.2, 0) is 11.3 Å². The number of anilines is 1. The Labute approximate surface area is 183 Å². The summed E-state index contributed by atoms with van der Waals surface area (Å²) in [5.41, 5.74) is 2.09. The zero-order valence-corrected chi connectivity index (χ0v) is 19.2. The molecule has 4 nitrogen and oxygen atoms in total. The van der Waals surface area contributed by atoms with Crippen molar-refractivity contribution in [3.63, 3.8) is 0 Å². The highest BCUT2D eigenvalue weighted by Gasteiger charge is 2.27. The molecule has 0 bridgehead atoms. The number of ether oxygens (including phenoxy) is 1. The topological polar surface area (TPSA) is 32.8 Å². The minimum Gasteiger partial charge on any atom is -0.444 e. The third kappa shape index (κ3) is 6.77. The second kappa shape index (κ2) is 9.66. The second-order valence-corrected chi connectivity index (χ2v) is 9.67. The van der Waals surface area contributed by atoms with Crippen LogP contribution in [0.1, 0.15) is 39.2 Å². The van der Waals surface area contributed by atoms with Gasteiger partial charge in [-0.3, -0.25) is 0 Å². The number of nitrogens with zero attached hydrogens (tertiary/aromatic N) is 2. The molecule has 0 radical (unpaired) electrons. The monoisotopic (exact) mass is 458 g/mol. The molecular weight excluding hydrogens is 428 g/mol. The van der Waals surface area contributed by atoms with Gasteiger partial charge in [0, 0.05) is 36.3 Å². The van der Waals surface area contributed by atoms with Crippen LogP contribution in [0.5, 0.6) is 0 Å². The number of piperidine rings is 1. The Morgan fingerprint density at radius 1 is 1.07 bits per heavy atom. The highest BCUT2D eigenvalue weighted by Crippen LogP contribution is 2.26. The number of rotatable bonds is 5. The zero-order chi connectivity index (χ0) is 20.9. The number of carbonyl (C=O) groups is 1. The summed E-state index contributed by atoms with van der Waals surface area (Å²) in [6.45, 7) is 9.14. The van der Waals surface area contributed by atoms with Crippen molar-refractivity contribution >= 4 is 27.7 Å². The summed E-state index contributed by atoms with van der Waals surface area (Å²) in [7, 11) is 0. The Kier molecular flexibility index (Phi) is 7.23. The maximum Gasteiger partial charge on any atom is 0.410 e. The third-order valence-electron chi connectivity index (χ3n) is 5.15. The average molecular weight is 459 g/mol. The van der Waals surface area contributed by atoms with Gasteiger partial charge < -0.3 is 14.5 Å². The molecule has 29 heavy (non-hydrogen) atoms. The van der Waals surface area contributed by atoms with Crippen LogP contribution in [0.2, 0.25) is 0 Å². The van der Waals surface area contributed by atoms with Gasteiger partial charge in [-0.15, -0.1) is 0 Å². The first kappa shape index (κ1) is 21.7. The fourth-order valence-electron chi connectivity index (χ4n) is 3.65. The first-order valence-corrected chi connectivity index (χ1v) is 11.1. The molecule has 1 saturated heterocycles. The van der Waals surface area contributed by atoms with Crippen LogP contribution in [0.25, 0.3) is 0 Å². The minimum atomic E-state index is -0.442. The summed E-state index contributed by atoms with van der Waals surface area (Å²) in [4.78, 5) is 16.6. The van der Waals surface area contributed by atoms with E-state index < -0.39 is 5.60 Å². The molecule has 0 N–H and O–H groups in total. The smallest absolute Gasteiger partial charge is 0.410 e. The number of hydrogen-bond donors (Lipinski definition) is 0. The lowest BCUT2D eigenvalue weighted by Gasteiger charge is -2.36.